The zero-order valence-corrected chi connectivity index (χ0v) is 20.7. The van der Waals surface area contributed by atoms with Crippen molar-refractivity contribution >= 4 is 45.7 Å². The topological polar surface area (TPSA) is 66.4 Å². The van der Waals surface area contributed by atoms with Crippen LogP contribution in [0.4, 0.5) is 10.1 Å². The molecule has 4 aromatic rings. The maximum Gasteiger partial charge on any atom is 0.257 e. The summed E-state index contributed by atoms with van der Waals surface area (Å²) in [5.41, 5.74) is 1.83. The van der Waals surface area contributed by atoms with E-state index >= 15 is 4.39 Å². The average Bonchev–Trinajstić information content (AvgIpc) is 2.90. The molecule has 2 N–H and O–H groups in total. The van der Waals surface area contributed by atoms with Crippen molar-refractivity contribution in [3.05, 3.63) is 104 Å². The van der Waals surface area contributed by atoms with Crippen LogP contribution in [0, 0.1) is 5.82 Å². The van der Waals surface area contributed by atoms with Gasteiger partial charge >= 0.3 is 0 Å². The Balaban J connectivity index is 1.59. The highest BCUT2D eigenvalue weighted by Gasteiger charge is 2.21. The SMILES string of the molecule is O=C(NCc1ccc(Cl)c(Cl)c1)c1cn(-c2ccccc2)c2cc(N3CCNCC3)c(F)cc2c1=O. The lowest BCUT2D eigenvalue weighted by molar-refractivity contribution is 0.0949. The van der Waals surface area contributed by atoms with Crippen LogP contribution in [-0.2, 0) is 6.54 Å². The van der Waals surface area contributed by atoms with Crippen molar-refractivity contribution in [1.29, 1.82) is 0 Å². The van der Waals surface area contributed by atoms with Crippen LogP contribution in [0.25, 0.3) is 16.6 Å². The third-order valence-corrected chi connectivity index (χ3v) is 6.98. The smallest absolute Gasteiger partial charge is 0.257 e. The molecule has 0 spiro atoms. The fraction of sp³-hybridized carbons (Fsp3) is 0.185. The lowest BCUT2D eigenvalue weighted by atomic mass is 10.1. The molecule has 1 aliphatic heterocycles. The molecule has 36 heavy (non-hydrogen) atoms. The first kappa shape index (κ1) is 24.3. The molecule has 184 valence electrons. The molecule has 1 aromatic heterocycles. The van der Waals surface area contributed by atoms with Crippen molar-refractivity contribution in [2.75, 3.05) is 31.1 Å². The summed E-state index contributed by atoms with van der Waals surface area (Å²) in [7, 11) is 0. The highest BCUT2D eigenvalue weighted by molar-refractivity contribution is 6.42. The number of para-hydroxylation sites is 1. The summed E-state index contributed by atoms with van der Waals surface area (Å²) in [6.07, 6.45) is 1.52. The van der Waals surface area contributed by atoms with Crippen molar-refractivity contribution in [1.82, 2.24) is 15.2 Å². The highest BCUT2D eigenvalue weighted by Crippen LogP contribution is 2.27. The van der Waals surface area contributed by atoms with Gasteiger partial charge in [-0.05, 0) is 42.0 Å². The number of benzene rings is 3. The van der Waals surface area contributed by atoms with Crippen LogP contribution in [-0.4, -0.2) is 36.7 Å². The largest absolute Gasteiger partial charge is 0.367 e. The van der Waals surface area contributed by atoms with Crippen LogP contribution in [0.3, 0.4) is 0 Å². The summed E-state index contributed by atoms with van der Waals surface area (Å²) in [6, 6.07) is 17.3. The monoisotopic (exact) mass is 524 g/mol. The van der Waals surface area contributed by atoms with Gasteiger partial charge in [0.15, 0.2) is 0 Å². The second-order valence-corrected chi connectivity index (χ2v) is 9.38. The molecule has 6 nitrogen and oxygen atoms in total. The second kappa shape index (κ2) is 10.3. The van der Waals surface area contributed by atoms with Gasteiger partial charge in [0.25, 0.3) is 5.91 Å². The number of piperazine rings is 1. The molecule has 1 aliphatic rings. The molecule has 1 amide bonds. The van der Waals surface area contributed by atoms with Crippen LogP contribution in [0.5, 0.6) is 0 Å². The first-order chi connectivity index (χ1) is 17.4. The maximum atomic E-state index is 15.3. The fourth-order valence-corrected chi connectivity index (χ4v) is 4.69. The number of rotatable bonds is 5. The van der Waals surface area contributed by atoms with Gasteiger partial charge in [-0.15, -0.1) is 0 Å². The van der Waals surface area contributed by atoms with Crippen molar-refractivity contribution in [2.45, 2.75) is 6.54 Å². The molecule has 9 heteroatoms. The number of amides is 1. The van der Waals surface area contributed by atoms with Gasteiger partial charge in [0.2, 0.25) is 5.43 Å². The zero-order chi connectivity index (χ0) is 25.2. The Labute approximate surface area is 217 Å². The number of hydrogen-bond acceptors (Lipinski definition) is 4. The quantitative estimate of drug-likeness (QED) is 0.394. The molecule has 1 fully saturated rings. The number of anilines is 1. The minimum Gasteiger partial charge on any atom is -0.367 e. The lowest BCUT2D eigenvalue weighted by Gasteiger charge is -2.30. The summed E-state index contributed by atoms with van der Waals surface area (Å²) in [5, 5.41) is 6.94. The number of aromatic nitrogens is 1. The number of halogens is 3. The molecular weight excluding hydrogens is 502 g/mol. The third kappa shape index (κ3) is 4.82. The van der Waals surface area contributed by atoms with Crippen LogP contribution in [0.15, 0.2) is 71.7 Å². The van der Waals surface area contributed by atoms with E-state index in [4.69, 9.17) is 23.2 Å². The minimum absolute atomic E-state index is 0.0827. The number of pyridine rings is 1. The van der Waals surface area contributed by atoms with Gasteiger partial charge in [0, 0.05) is 50.0 Å². The Morgan fingerprint density at radius 3 is 2.47 bits per heavy atom. The van der Waals surface area contributed by atoms with Crippen molar-refractivity contribution in [3.8, 4) is 5.69 Å². The second-order valence-electron chi connectivity index (χ2n) is 8.57. The highest BCUT2D eigenvalue weighted by atomic mass is 35.5. The number of hydrogen-bond donors (Lipinski definition) is 2. The number of nitrogens with zero attached hydrogens (tertiary/aromatic N) is 2. The summed E-state index contributed by atoms with van der Waals surface area (Å²) in [5.74, 6) is -1.06. The normalized spacial score (nSPS) is 13.7. The van der Waals surface area contributed by atoms with Crippen molar-refractivity contribution < 1.29 is 9.18 Å². The van der Waals surface area contributed by atoms with E-state index in [1.807, 2.05) is 35.2 Å². The van der Waals surface area contributed by atoms with E-state index in [2.05, 4.69) is 10.6 Å². The molecular formula is C27H23Cl2FN4O2. The number of carbonyl (C=O) groups is 1. The molecule has 2 heterocycles. The zero-order valence-electron chi connectivity index (χ0n) is 19.2. The number of carbonyl (C=O) groups excluding carboxylic acids is 1. The van der Waals surface area contributed by atoms with Gasteiger partial charge in [-0.25, -0.2) is 4.39 Å². The Bertz CT molecular complexity index is 1500. The molecule has 0 atom stereocenters. The first-order valence-electron chi connectivity index (χ1n) is 11.5. The number of fused-ring (bicyclic) bond motifs is 1. The molecule has 1 saturated heterocycles. The minimum atomic E-state index is -0.566. The van der Waals surface area contributed by atoms with Gasteiger partial charge in [0.1, 0.15) is 11.4 Å². The summed E-state index contributed by atoms with van der Waals surface area (Å²) < 4.78 is 17.0. The standard InChI is InChI=1S/C27H23Cl2FN4O2/c28-21-7-6-17(12-22(21)29)15-32-27(36)20-16-34(18-4-2-1-3-5-18)24-14-25(33-10-8-31-9-11-33)23(30)13-19(24)26(20)35/h1-7,12-14,16,31H,8-11,15H2,(H,32,36). The Hall–Kier alpha value is -3.39. The van der Waals surface area contributed by atoms with Gasteiger partial charge in [0.05, 0.1) is 21.2 Å². The molecule has 0 unspecified atom stereocenters. The predicted molar refractivity (Wildman–Crippen MR) is 142 cm³/mol. The van der Waals surface area contributed by atoms with Crippen molar-refractivity contribution in [2.24, 2.45) is 0 Å². The molecule has 0 radical (unpaired) electrons. The van der Waals surface area contributed by atoms with E-state index in [0.717, 1.165) is 24.3 Å². The van der Waals surface area contributed by atoms with Crippen LogP contribution < -0.4 is 21.0 Å². The number of nitrogens with one attached hydrogen (secondary N) is 2. The molecule has 5 rings (SSSR count). The van der Waals surface area contributed by atoms with Crippen LogP contribution >= 0.6 is 23.2 Å². The van der Waals surface area contributed by atoms with E-state index in [9.17, 15) is 9.59 Å². The van der Waals surface area contributed by atoms with Gasteiger partial charge in [-0.3, -0.25) is 9.59 Å². The third-order valence-electron chi connectivity index (χ3n) is 6.25. The van der Waals surface area contributed by atoms with Gasteiger partial charge in [-0.1, -0.05) is 47.5 Å². The Morgan fingerprint density at radius 1 is 1.00 bits per heavy atom. The van der Waals surface area contributed by atoms with Crippen molar-refractivity contribution in [3.63, 3.8) is 0 Å². The fourth-order valence-electron chi connectivity index (χ4n) is 4.37. The molecule has 0 aliphatic carbocycles. The summed E-state index contributed by atoms with van der Waals surface area (Å²) in [6.45, 7) is 2.97. The average molecular weight is 525 g/mol. The van der Waals surface area contributed by atoms with Gasteiger partial charge in [-0.2, -0.15) is 0 Å². The van der Waals surface area contributed by atoms with E-state index in [1.54, 1.807) is 28.8 Å². The van der Waals surface area contributed by atoms with E-state index in [-0.39, 0.29) is 17.5 Å². The van der Waals surface area contributed by atoms with Gasteiger partial charge < -0.3 is 20.1 Å². The summed E-state index contributed by atoms with van der Waals surface area (Å²) >= 11 is 12.0. The summed E-state index contributed by atoms with van der Waals surface area (Å²) in [4.78, 5) is 28.5. The van der Waals surface area contributed by atoms with E-state index in [0.29, 0.717) is 34.3 Å². The Morgan fingerprint density at radius 2 is 1.75 bits per heavy atom. The maximum absolute atomic E-state index is 15.3. The lowest BCUT2D eigenvalue weighted by Crippen LogP contribution is -2.43. The first-order valence-corrected chi connectivity index (χ1v) is 12.3. The predicted octanol–water partition coefficient (Wildman–Crippen LogP) is 4.78. The molecule has 3 aromatic carbocycles. The molecule has 0 bridgehead atoms. The van der Waals surface area contributed by atoms with Crippen LogP contribution in [0.1, 0.15) is 15.9 Å². The van der Waals surface area contributed by atoms with E-state index < -0.39 is 17.2 Å². The van der Waals surface area contributed by atoms with E-state index in [1.165, 1.54) is 12.3 Å². The molecule has 0 saturated carbocycles. The Kier molecular flexibility index (Phi) is 6.96. The van der Waals surface area contributed by atoms with Crippen LogP contribution in [0.2, 0.25) is 10.0 Å².